The molecule has 0 bridgehead atoms. The maximum atomic E-state index is 13.7. The van der Waals surface area contributed by atoms with E-state index in [1.54, 1.807) is 12.1 Å². The molecule has 5 nitrogen and oxygen atoms in total. The predicted octanol–water partition coefficient (Wildman–Crippen LogP) is 4.84. The molecule has 0 saturated heterocycles. The van der Waals surface area contributed by atoms with E-state index in [1.807, 2.05) is 0 Å². The number of benzene rings is 2. The second kappa shape index (κ2) is 9.21. The monoisotopic (exact) mass is 463 g/mol. The number of anilines is 1. The largest absolute Gasteiger partial charge is 0.477 e. The number of rotatable bonds is 6. The molecular weight excluding hydrogens is 452 g/mol. The molecule has 0 saturated carbocycles. The Hall–Kier alpha value is -1.83. The standard InChI is InChI=1S/C17H13BrCl2FNO4/c1-9(26-15-5-3-11(19)7-12(15)20)17(24)25-8-16(23)22-14-4-2-10(18)6-13(14)21/h2-7,9H,8H2,1H3,(H,22,23)/t9-/m1/s1. The van der Waals surface area contributed by atoms with E-state index in [0.717, 1.165) is 0 Å². The highest BCUT2D eigenvalue weighted by Gasteiger charge is 2.19. The van der Waals surface area contributed by atoms with Crippen LogP contribution in [0.1, 0.15) is 6.92 Å². The fourth-order valence-corrected chi connectivity index (χ4v) is 2.63. The Labute approximate surface area is 167 Å². The molecule has 9 heteroatoms. The molecule has 2 aromatic carbocycles. The van der Waals surface area contributed by atoms with Crippen molar-refractivity contribution in [2.45, 2.75) is 13.0 Å². The Morgan fingerprint density at radius 2 is 1.96 bits per heavy atom. The lowest BCUT2D eigenvalue weighted by Crippen LogP contribution is -2.30. The van der Waals surface area contributed by atoms with Crippen LogP contribution in [-0.2, 0) is 14.3 Å². The first-order valence-corrected chi connectivity index (χ1v) is 8.84. The second-order valence-corrected chi connectivity index (χ2v) is 6.87. The minimum Gasteiger partial charge on any atom is -0.477 e. The fourth-order valence-electron chi connectivity index (χ4n) is 1.84. The lowest BCUT2D eigenvalue weighted by atomic mass is 10.3. The van der Waals surface area contributed by atoms with Crippen molar-refractivity contribution in [1.82, 2.24) is 0 Å². The molecule has 1 N–H and O–H groups in total. The van der Waals surface area contributed by atoms with E-state index < -0.39 is 30.4 Å². The van der Waals surface area contributed by atoms with Gasteiger partial charge in [-0.2, -0.15) is 0 Å². The van der Waals surface area contributed by atoms with E-state index in [0.29, 0.717) is 9.50 Å². The van der Waals surface area contributed by atoms with Crippen LogP contribution in [-0.4, -0.2) is 24.6 Å². The number of ether oxygens (including phenoxy) is 2. The molecule has 0 unspecified atom stereocenters. The Bertz CT molecular complexity index is 834. The van der Waals surface area contributed by atoms with Crippen molar-refractivity contribution in [1.29, 1.82) is 0 Å². The van der Waals surface area contributed by atoms with Gasteiger partial charge in [0, 0.05) is 9.50 Å². The first kappa shape index (κ1) is 20.5. The zero-order chi connectivity index (χ0) is 19.3. The zero-order valence-electron chi connectivity index (χ0n) is 13.4. The number of esters is 1. The smallest absolute Gasteiger partial charge is 0.347 e. The van der Waals surface area contributed by atoms with Crippen LogP contribution in [0.25, 0.3) is 0 Å². The van der Waals surface area contributed by atoms with Crippen LogP contribution in [0.15, 0.2) is 40.9 Å². The van der Waals surface area contributed by atoms with Gasteiger partial charge in [-0.1, -0.05) is 39.1 Å². The molecule has 0 aliphatic heterocycles. The summed E-state index contributed by atoms with van der Waals surface area (Å²) >= 11 is 14.9. The van der Waals surface area contributed by atoms with E-state index in [2.05, 4.69) is 21.2 Å². The number of carbonyl (C=O) groups is 2. The molecule has 2 rings (SSSR count). The lowest BCUT2D eigenvalue weighted by molar-refractivity contribution is -0.153. The molecular formula is C17H13BrCl2FNO4. The number of halogens is 4. The third-order valence-corrected chi connectivity index (χ3v) is 4.10. The third kappa shape index (κ3) is 5.86. The van der Waals surface area contributed by atoms with Crippen molar-refractivity contribution in [3.63, 3.8) is 0 Å². The molecule has 0 aliphatic carbocycles. The highest BCUT2D eigenvalue weighted by molar-refractivity contribution is 9.10. The van der Waals surface area contributed by atoms with Crippen LogP contribution in [0.5, 0.6) is 5.75 Å². The van der Waals surface area contributed by atoms with Crippen molar-refractivity contribution < 1.29 is 23.5 Å². The van der Waals surface area contributed by atoms with Crippen LogP contribution >= 0.6 is 39.1 Å². The summed E-state index contributed by atoms with van der Waals surface area (Å²) in [6, 6.07) is 8.69. The van der Waals surface area contributed by atoms with E-state index in [-0.39, 0.29) is 16.5 Å². The first-order chi connectivity index (χ1) is 12.3. The van der Waals surface area contributed by atoms with Gasteiger partial charge in [0.2, 0.25) is 0 Å². The minimum absolute atomic E-state index is 0.0218. The summed E-state index contributed by atoms with van der Waals surface area (Å²) in [5.41, 5.74) is -0.0218. The molecule has 1 amide bonds. The van der Waals surface area contributed by atoms with Gasteiger partial charge in [0.15, 0.2) is 12.7 Å². The first-order valence-electron chi connectivity index (χ1n) is 7.29. The highest BCUT2D eigenvalue weighted by atomic mass is 79.9. The van der Waals surface area contributed by atoms with Crippen LogP contribution in [0.3, 0.4) is 0 Å². The number of nitrogens with one attached hydrogen (secondary N) is 1. The Morgan fingerprint density at radius 3 is 2.62 bits per heavy atom. The second-order valence-electron chi connectivity index (χ2n) is 5.11. The topological polar surface area (TPSA) is 64.6 Å². The average Bonchev–Trinajstić information content (AvgIpc) is 2.57. The summed E-state index contributed by atoms with van der Waals surface area (Å²) in [4.78, 5) is 23.7. The third-order valence-electron chi connectivity index (χ3n) is 3.08. The number of carbonyl (C=O) groups excluding carboxylic acids is 2. The van der Waals surface area contributed by atoms with Gasteiger partial charge in [-0.05, 0) is 43.3 Å². The molecule has 138 valence electrons. The Balaban J connectivity index is 1.85. The fraction of sp³-hybridized carbons (Fsp3) is 0.176. The molecule has 0 aromatic heterocycles. The quantitative estimate of drug-likeness (QED) is 0.621. The lowest BCUT2D eigenvalue weighted by Gasteiger charge is -2.15. The van der Waals surface area contributed by atoms with Gasteiger partial charge in [-0.25, -0.2) is 9.18 Å². The van der Waals surface area contributed by atoms with Crippen LogP contribution in [0, 0.1) is 5.82 Å². The van der Waals surface area contributed by atoms with Crippen LogP contribution < -0.4 is 10.1 Å². The van der Waals surface area contributed by atoms with Gasteiger partial charge in [0.1, 0.15) is 11.6 Å². The summed E-state index contributed by atoms with van der Waals surface area (Å²) < 4.78 is 24.4. The SMILES string of the molecule is C[C@@H](Oc1ccc(Cl)cc1Cl)C(=O)OCC(=O)Nc1ccc(Br)cc1F. The van der Waals surface area contributed by atoms with Crippen molar-refractivity contribution in [3.05, 3.63) is 56.7 Å². The highest BCUT2D eigenvalue weighted by Crippen LogP contribution is 2.28. The zero-order valence-corrected chi connectivity index (χ0v) is 16.5. The van der Waals surface area contributed by atoms with Crippen LogP contribution in [0.2, 0.25) is 10.0 Å². The number of hydrogen-bond donors (Lipinski definition) is 1. The maximum Gasteiger partial charge on any atom is 0.347 e. The van der Waals surface area contributed by atoms with Gasteiger partial charge in [0.25, 0.3) is 5.91 Å². The molecule has 0 fully saturated rings. The predicted molar refractivity (Wildman–Crippen MR) is 100 cm³/mol. The van der Waals surface area contributed by atoms with Gasteiger partial charge >= 0.3 is 5.97 Å². The van der Waals surface area contributed by atoms with Crippen LogP contribution in [0.4, 0.5) is 10.1 Å². The van der Waals surface area contributed by atoms with Gasteiger partial charge in [0.05, 0.1) is 10.7 Å². The maximum absolute atomic E-state index is 13.7. The Morgan fingerprint density at radius 1 is 1.23 bits per heavy atom. The van der Waals surface area contributed by atoms with Crippen molar-refractivity contribution in [2.75, 3.05) is 11.9 Å². The molecule has 26 heavy (non-hydrogen) atoms. The molecule has 2 aromatic rings. The Kier molecular flexibility index (Phi) is 7.25. The van der Waals surface area contributed by atoms with E-state index in [9.17, 15) is 14.0 Å². The number of amides is 1. The summed E-state index contributed by atoms with van der Waals surface area (Å²) in [5, 5.41) is 2.97. The van der Waals surface area contributed by atoms with Crippen molar-refractivity contribution in [3.8, 4) is 5.75 Å². The summed E-state index contributed by atoms with van der Waals surface area (Å²) in [6.45, 7) is 0.857. The number of hydrogen-bond acceptors (Lipinski definition) is 4. The minimum atomic E-state index is -1.01. The van der Waals surface area contributed by atoms with Crippen molar-refractivity contribution in [2.24, 2.45) is 0 Å². The molecule has 1 atom stereocenters. The molecule has 0 spiro atoms. The van der Waals surface area contributed by atoms with E-state index in [4.69, 9.17) is 32.7 Å². The molecule has 0 aliphatic rings. The molecule has 0 radical (unpaired) electrons. The summed E-state index contributed by atoms with van der Waals surface area (Å²) in [7, 11) is 0. The van der Waals surface area contributed by atoms with E-state index in [1.165, 1.54) is 31.2 Å². The van der Waals surface area contributed by atoms with Gasteiger partial charge in [-0.3, -0.25) is 4.79 Å². The summed E-state index contributed by atoms with van der Waals surface area (Å²) in [5.74, 6) is -1.83. The van der Waals surface area contributed by atoms with Gasteiger partial charge in [-0.15, -0.1) is 0 Å². The van der Waals surface area contributed by atoms with Crippen molar-refractivity contribution >= 4 is 56.7 Å². The normalized spacial score (nSPS) is 11.6. The average molecular weight is 465 g/mol. The van der Waals surface area contributed by atoms with E-state index >= 15 is 0 Å². The van der Waals surface area contributed by atoms with Gasteiger partial charge < -0.3 is 14.8 Å². The molecule has 0 heterocycles. The summed E-state index contributed by atoms with van der Waals surface area (Å²) in [6.07, 6.45) is -1.01.